The van der Waals surface area contributed by atoms with E-state index in [0.29, 0.717) is 5.56 Å². The van der Waals surface area contributed by atoms with Crippen molar-refractivity contribution in [3.8, 4) is 11.3 Å². The summed E-state index contributed by atoms with van der Waals surface area (Å²) in [6.07, 6.45) is 4.93. The maximum Gasteiger partial charge on any atom is 0.254 e. The number of H-pyrrole nitrogens is 1. The predicted molar refractivity (Wildman–Crippen MR) is 66.9 cm³/mol. The molecule has 0 aliphatic carbocycles. The van der Waals surface area contributed by atoms with Gasteiger partial charge in [-0.25, -0.2) is 4.98 Å². The molecule has 0 radical (unpaired) electrons. The number of aromatic amines is 1. The summed E-state index contributed by atoms with van der Waals surface area (Å²) in [5.74, 6) is 0.127. The van der Waals surface area contributed by atoms with Gasteiger partial charge in [0.05, 0.1) is 12.0 Å². The number of aromatic nitrogens is 3. The van der Waals surface area contributed by atoms with E-state index in [9.17, 15) is 4.79 Å². The van der Waals surface area contributed by atoms with Gasteiger partial charge in [0, 0.05) is 23.5 Å². The molecule has 4 heteroatoms. The first-order valence-corrected chi connectivity index (χ1v) is 5.60. The van der Waals surface area contributed by atoms with Crippen molar-refractivity contribution in [3.05, 3.63) is 46.3 Å². The van der Waals surface area contributed by atoms with Crippen molar-refractivity contribution in [2.45, 2.75) is 26.7 Å². The van der Waals surface area contributed by atoms with Crippen molar-refractivity contribution in [1.29, 1.82) is 0 Å². The zero-order valence-corrected chi connectivity index (χ0v) is 10.2. The van der Waals surface area contributed by atoms with Crippen molar-refractivity contribution in [2.75, 3.05) is 0 Å². The lowest BCUT2D eigenvalue weighted by molar-refractivity contribution is 0.833. The van der Waals surface area contributed by atoms with E-state index in [-0.39, 0.29) is 11.5 Å². The molecule has 4 nitrogen and oxygen atoms in total. The van der Waals surface area contributed by atoms with Gasteiger partial charge in [0.25, 0.3) is 5.56 Å². The van der Waals surface area contributed by atoms with Gasteiger partial charge in [-0.05, 0) is 24.5 Å². The summed E-state index contributed by atoms with van der Waals surface area (Å²) in [6, 6.07) is 1.92. The van der Waals surface area contributed by atoms with Crippen LogP contribution in [-0.4, -0.2) is 15.0 Å². The van der Waals surface area contributed by atoms with Crippen LogP contribution in [0.1, 0.15) is 30.9 Å². The molecule has 88 valence electrons. The number of nitrogens with one attached hydrogen (secondary N) is 1. The van der Waals surface area contributed by atoms with Crippen LogP contribution >= 0.6 is 0 Å². The quantitative estimate of drug-likeness (QED) is 0.859. The fourth-order valence-electron chi connectivity index (χ4n) is 1.87. The van der Waals surface area contributed by atoms with Crippen LogP contribution in [0.4, 0.5) is 0 Å². The van der Waals surface area contributed by atoms with Crippen LogP contribution in [0, 0.1) is 6.92 Å². The summed E-state index contributed by atoms with van der Waals surface area (Å²) >= 11 is 0. The summed E-state index contributed by atoms with van der Waals surface area (Å²) in [5, 5.41) is 0. The van der Waals surface area contributed by atoms with Gasteiger partial charge in [-0.3, -0.25) is 9.78 Å². The predicted octanol–water partition coefficient (Wildman–Crippen LogP) is 2.26. The van der Waals surface area contributed by atoms with E-state index >= 15 is 0 Å². The number of hydrogen-bond acceptors (Lipinski definition) is 3. The van der Waals surface area contributed by atoms with E-state index in [2.05, 4.69) is 15.0 Å². The fraction of sp³-hybridized carbons (Fsp3) is 0.308. The largest absolute Gasteiger partial charge is 0.313 e. The number of pyridine rings is 1. The first-order chi connectivity index (χ1) is 8.11. The highest BCUT2D eigenvalue weighted by molar-refractivity contribution is 5.65. The van der Waals surface area contributed by atoms with E-state index in [0.717, 1.165) is 16.8 Å². The average Bonchev–Trinajstić information content (AvgIpc) is 2.28. The standard InChI is InChI=1S/C13H15N3O/c1-8(2)11-12(15-7-16-13(11)17)10-6-14-5-4-9(10)3/h4-8H,1-3H3,(H,15,16,17). The molecular formula is C13H15N3O. The number of rotatable bonds is 2. The summed E-state index contributed by atoms with van der Waals surface area (Å²) in [6.45, 7) is 5.97. The van der Waals surface area contributed by atoms with Crippen LogP contribution in [0.3, 0.4) is 0 Å². The molecule has 0 fully saturated rings. The van der Waals surface area contributed by atoms with Crippen LogP contribution in [-0.2, 0) is 0 Å². The maximum atomic E-state index is 11.9. The van der Waals surface area contributed by atoms with Gasteiger partial charge in [0.2, 0.25) is 0 Å². The Bertz CT molecular complexity index is 587. The number of nitrogens with zero attached hydrogens (tertiary/aromatic N) is 2. The maximum absolute atomic E-state index is 11.9. The number of aryl methyl sites for hydroxylation is 1. The summed E-state index contributed by atoms with van der Waals surface area (Å²) < 4.78 is 0. The Balaban J connectivity index is 2.73. The Morgan fingerprint density at radius 3 is 2.76 bits per heavy atom. The Kier molecular flexibility index (Phi) is 3.04. The SMILES string of the molecule is Cc1ccncc1-c1nc[nH]c(=O)c1C(C)C. The molecule has 0 aliphatic rings. The summed E-state index contributed by atoms with van der Waals surface area (Å²) in [5.41, 5.74) is 3.36. The molecule has 2 rings (SSSR count). The van der Waals surface area contributed by atoms with Crippen molar-refractivity contribution >= 4 is 0 Å². The second-order valence-electron chi connectivity index (χ2n) is 4.34. The Morgan fingerprint density at radius 1 is 1.35 bits per heavy atom. The van der Waals surface area contributed by atoms with Crippen molar-refractivity contribution in [3.63, 3.8) is 0 Å². The molecule has 0 saturated carbocycles. The minimum atomic E-state index is -0.0757. The normalized spacial score (nSPS) is 10.8. The van der Waals surface area contributed by atoms with Crippen molar-refractivity contribution in [2.24, 2.45) is 0 Å². The third-order valence-corrected chi connectivity index (χ3v) is 2.76. The monoisotopic (exact) mass is 229 g/mol. The van der Waals surface area contributed by atoms with Gasteiger partial charge < -0.3 is 4.98 Å². The first kappa shape index (κ1) is 11.5. The Labute approximate surface area is 99.8 Å². The van der Waals surface area contributed by atoms with Gasteiger partial charge in [0.1, 0.15) is 0 Å². The molecule has 17 heavy (non-hydrogen) atoms. The van der Waals surface area contributed by atoms with Gasteiger partial charge >= 0.3 is 0 Å². The van der Waals surface area contributed by atoms with E-state index in [4.69, 9.17) is 0 Å². The lowest BCUT2D eigenvalue weighted by Crippen LogP contribution is -2.16. The molecule has 2 aromatic heterocycles. The molecule has 0 aromatic carbocycles. The van der Waals surface area contributed by atoms with E-state index in [1.165, 1.54) is 6.33 Å². The molecule has 2 aromatic rings. The topological polar surface area (TPSA) is 58.6 Å². The van der Waals surface area contributed by atoms with Gasteiger partial charge in [-0.2, -0.15) is 0 Å². The van der Waals surface area contributed by atoms with Crippen molar-refractivity contribution < 1.29 is 0 Å². The lowest BCUT2D eigenvalue weighted by atomic mass is 9.97. The lowest BCUT2D eigenvalue weighted by Gasteiger charge is -2.11. The first-order valence-electron chi connectivity index (χ1n) is 5.60. The molecule has 0 atom stereocenters. The van der Waals surface area contributed by atoms with Crippen LogP contribution in [0.5, 0.6) is 0 Å². The van der Waals surface area contributed by atoms with Gasteiger partial charge in [-0.15, -0.1) is 0 Å². The average molecular weight is 229 g/mol. The Morgan fingerprint density at radius 2 is 2.12 bits per heavy atom. The van der Waals surface area contributed by atoms with Crippen LogP contribution in [0.2, 0.25) is 0 Å². The van der Waals surface area contributed by atoms with Crippen LogP contribution in [0.15, 0.2) is 29.6 Å². The minimum absolute atomic E-state index is 0.0757. The van der Waals surface area contributed by atoms with Crippen LogP contribution in [0.25, 0.3) is 11.3 Å². The molecular weight excluding hydrogens is 214 g/mol. The van der Waals surface area contributed by atoms with Gasteiger partial charge in [0.15, 0.2) is 0 Å². The molecule has 0 amide bonds. The highest BCUT2D eigenvalue weighted by Crippen LogP contribution is 2.25. The molecule has 0 spiro atoms. The summed E-state index contributed by atoms with van der Waals surface area (Å²) in [4.78, 5) is 22.9. The highest BCUT2D eigenvalue weighted by Gasteiger charge is 2.15. The molecule has 0 unspecified atom stereocenters. The molecule has 2 heterocycles. The molecule has 0 aliphatic heterocycles. The second kappa shape index (κ2) is 4.49. The van der Waals surface area contributed by atoms with E-state index in [1.54, 1.807) is 12.4 Å². The Hall–Kier alpha value is -1.97. The minimum Gasteiger partial charge on any atom is -0.313 e. The van der Waals surface area contributed by atoms with Crippen molar-refractivity contribution in [1.82, 2.24) is 15.0 Å². The molecule has 1 N–H and O–H groups in total. The van der Waals surface area contributed by atoms with E-state index < -0.39 is 0 Å². The zero-order valence-electron chi connectivity index (χ0n) is 10.2. The van der Waals surface area contributed by atoms with Crippen LogP contribution < -0.4 is 5.56 Å². The smallest absolute Gasteiger partial charge is 0.254 e. The summed E-state index contributed by atoms with van der Waals surface area (Å²) in [7, 11) is 0. The fourth-order valence-corrected chi connectivity index (χ4v) is 1.87. The number of hydrogen-bond donors (Lipinski definition) is 1. The molecule has 0 saturated heterocycles. The second-order valence-corrected chi connectivity index (χ2v) is 4.34. The highest BCUT2D eigenvalue weighted by atomic mass is 16.1. The third-order valence-electron chi connectivity index (χ3n) is 2.76. The molecule has 0 bridgehead atoms. The zero-order chi connectivity index (χ0) is 12.4. The van der Waals surface area contributed by atoms with Gasteiger partial charge in [-0.1, -0.05) is 13.8 Å². The third kappa shape index (κ3) is 2.11. The van der Waals surface area contributed by atoms with E-state index in [1.807, 2.05) is 26.8 Å².